The van der Waals surface area contributed by atoms with Crippen molar-refractivity contribution in [3.05, 3.63) is 81.1 Å². The van der Waals surface area contributed by atoms with Crippen LogP contribution in [0.4, 0.5) is 0 Å². The maximum Gasteiger partial charge on any atom is 0.253 e. The SMILES string of the molecule is Cc1nc2nc(-c3ccc(Cl)cc3Cl)nn2c(C)c1CCC(=O)NCCCc1ccccc1. The van der Waals surface area contributed by atoms with Crippen LogP contribution in [0.2, 0.25) is 10.0 Å². The quantitative estimate of drug-likeness (QED) is 0.342. The van der Waals surface area contributed by atoms with Crippen LogP contribution in [-0.4, -0.2) is 32.0 Å². The van der Waals surface area contributed by atoms with Gasteiger partial charge in [-0.3, -0.25) is 4.79 Å². The Hall–Kier alpha value is -2.96. The Labute approximate surface area is 203 Å². The lowest BCUT2D eigenvalue weighted by Crippen LogP contribution is -2.25. The molecule has 0 radical (unpaired) electrons. The Balaban J connectivity index is 1.40. The van der Waals surface area contributed by atoms with Gasteiger partial charge in [-0.15, -0.1) is 5.10 Å². The van der Waals surface area contributed by atoms with Crippen molar-refractivity contribution in [2.75, 3.05) is 6.54 Å². The van der Waals surface area contributed by atoms with Crippen LogP contribution >= 0.6 is 23.2 Å². The van der Waals surface area contributed by atoms with Gasteiger partial charge in [0.2, 0.25) is 5.91 Å². The summed E-state index contributed by atoms with van der Waals surface area (Å²) in [6.07, 6.45) is 2.84. The highest BCUT2D eigenvalue weighted by molar-refractivity contribution is 6.36. The second-order valence-electron chi connectivity index (χ2n) is 7.97. The van der Waals surface area contributed by atoms with Gasteiger partial charge in [0.25, 0.3) is 5.78 Å². The van der Waals surface area contributed by atoms with Crippen LogP contribution in [-0.2, 0) is 17.6 Å². The van der Waals surface area contributed by atoms with E-state index in [0.29, 0.717) is 46.6 Å². The van der Waals surface area contributed by atoms with Crippen molar-refractivity contribution < 1.29 is 4.79 Å². The normalized spacial score (nSPS) is 11.2. The fraction of sp³-hybridized carbons (Fsp3) is 0.280. The van der Waals surface area contributed by atoms with Gasteiger partial charge in [0.1, 0.15) is 0 Å². The van der Waals surface area contributed by atoms with Gasteiger partial charge in [0.05, 0.1) is 5.02 Å². The molecule has 2 heterocycles. The van der Waals surface area contributed by atoms with Crippen LogP contribution in [0.5, 0.6) is 0 Å². The fourth-order valence-corrected chi connectivity index (χ4v) is 4.34. The highest BCUT2D eigenvalue weighted by Crippen LogP contribution is 2.29. The summed E-state index contributed by atoms with van der Waals surface area (Å²) < 4.78 is 1.71. The van der Waals surface area contributed by atoms with Crippen molar-refractivity contribution in [2.24, 2.45) is 0 Å². The number of rotatable bonds is 8. The molecule has 0 saturated carbocycles. The Morgan fingerprint density at radius 1 is 1.03 bits per heavy atom. The summed E-state index contributed by atoms with van der Waals surface area (Å²) in [5.74, 6) is 1.02. The Kier molecular flexibility index (Phi) is 7.26. The third-order valence-corrected chi connectivity index (χ3v) is 6.18. The van der Waals surface area contributed by atoms with Crippen LogP contribution < -0.4 is 5.32 Å². The second-order valence-corrected chi connectivity index (χ2v) is 8.82. The predicted molar refractivity (Wildman–Crippen MR) is 132 cm³/mol. The molecular weight excluding hydrogens is 457 g/mol. The largest absolute Gasteiger partial charge is 0.356 e. The molecule has 2 aromatic heterocycles. The number of nitrogens with one attached hydrogen (secondary N) is 1. The van der Waals surface area contributed by atoms with Crippen LogP contribution in [0, 0.1) is 13.8 Å². The highest BCUT2D eigenvalue weighted by Gasteiger charge is 2.17. The molecule has 4 aromatic rings. The molecule has 4 rings (SSSR count). The van der Waals surface area contributed by atoms with Crippen LogP contribution in [0.15, 0.2) is 48.5 Å². The van der Waals surface area contributed by atoms with Crippen LogP contribution in [0.1, 0.15) is 35.4 Å². The van der Waals surface area contributed by atoms with E-state index in [1.165, 1.54) is 5.56 Å². The molecule has 0 aliphatic rings. The molecule has 0 aliphatic heterocycles. The molecule has 1 N–H and O–H groups in total. The molecule has 6 nitrogen and oxygen atoms in total. The minimum atomic E-state index is 0.0363. The number of aromatic nitrogens is 4. The third kappa shape index (κ3) is 5.52. The average molecular weight is 482 g/mol. The lowest BCUT2D eigenvalue weighted by Gasteiger charge is -2.10. The van der Waals surface area contributed by atoms with E-state index in [4.69, 9.17) is 23.2 Å². The molecule has 0 aliphatic carbocycles. The number of hydrogen-bond donors (Lipinski definition) is 1. The molecule has 0 bridgehead atoms. The molecular formula is C25H25Cl2N5O. The van der Waals surface area contributed by atoms with Crippen molar-refractivity contribution in [3.63, 3.8) is 0 Å². The summed E-state index contributed by atoms with van der Waals surface area (Å²) in [6, 6.07) is 15.5. The van der Waals surface area contributed by atoms with Gasteiger partial charge in [-0.05, 0) is 62.4 Å². The second kappa shape index (κ2) is 10.3. The summed E-state index contributed by atoms with van der Waals surface area (Å²) in [5.41, 5.74) is 4.74. The first-order chi connectivity index (χ1) is 15.9. The standard InChI is InChI=1S/C25H25Cl2N5O/c1-16-20(12-13-23(33)28-14-6-9-18-7-4-3-5-8-18)17(2)32-25(29-16)30-24(31-32)21-11-10-19(26)15-22(21)27/h3-5,7-8,10-11,15H,6,9,12-14H2,1-2H3,(H,28,33). The van der Waals surface area contributed by atoms with Crippen LogP contribution in [0.3, 0.4) is 0 Å². The van der Waals surface area contributed by atoms with Gasteiger partial charge in [-0.25, -0.2) is 9.50 Å². The van der Waals surface area contributed by atoms with E-state index in [0.717, 1.165) is 29.8 Å². The van der Waals surface area contributed by atoms with Crippen LogP contribution in [0.25, 0.3) is 17.2 Å². The van der Waals surface area contributed by atoms with Gasteiger partial charge in [0.15, 0.2) is 5.82 Å². The zero-order chi connectivity index (χ0) is 23.4. The summed E-state index contributed by atoms with van der Waals surface area (Å²) >= 11 is 12.3. The van der Waals surface area contributed by atoms with Gasteiger partial charge < -0.3 is 5.32 Å². The fourth-order valence-electron chi connectivity index (χ4n) is 3.85. The van der Waals surface area contributed by atoms with Gasteiger partial charge in [-0.2, -0.15) is 4.98 Å². The third-order valence-electron chi connectivity index (χ3n) is 5.63. The van der Waals surface area contributed by atoms with Crippen molar-refractivity contribution in [1.29, 1.82) is 0 Å². The minimum absolute atomic E-state index is 0.0363. The average Bonchev–Trinajstić information content (AvgIpc) is 3.21. The molecule has 2 aromatic carbocycles. The molecule has 170 valence electrons. The molecule has 0 atom stereocenters. The first-order valence-electron chi connectivity index (χ1n) is 10.9. The molecule has 0 unspecified atom stereocenters. The monoisotopic (exact) mass is 481 g/mol. The summed E-state index contributed by atoms with van der Waals surface area (Å²) in [6.45, 7) is 4.57. The number of carbonyl (C=O) groups excluding carboxylic acids is 1. The number of carbonyl (C=O) groups is 1. The first kappa shape index (κ1) is 23.2. The molecule has 0 saturated heterocycles. The summed E-state index contributed by atoms with van der Waals surface area (Å²) in [4.78, 5) is 21.5. The number of aryl methyl sites for hydroxylation is 3. The Morgan fingerprint density at radius 2 is 1.82 bits per heavy atom. The lowest BCUT2D eigenvalue weighted by molar-refractivity contribution is -0.121. The van der Waals surface area contributed by atoms with E-state index in [1.807, 2.05) is 32.0 Å². The Bertz CT molecular complexity index is 1290. The van der Waals surface area contributed by atoms with Crippen molar-refractivity contribution in [2.45, 2.75) is 39.5 Å². The van der Waals surface area contributed by atoms with Gasteiger partial charge in [0, 0.05) is 34.9 Å². The van der Waals surface area contributed by atoms with Crippen molar-refractivity contribution in [3.8, 4) is 11.4 Å². The number of benzene rings is 2. The smallest absolute Gasteiger partial charge is 0.253 e. The van der Waals surface area contributed by atoms with E-state index in [1.54, 1.807) is 22.7 Å². The summed E-state index contributed by atoms with van der Waals surface area (Å²) in [5, 5.41) is 8.66. The zero-order valence-corrected chi connectivity index (χ0v) is 20.1. The van der Waals surface area contributed by atoms with E-state index in [-0.39, 0.29) is 5.91 Å². The molecule has 0 spiro atoms. The van der Waals surface area contributed by atoms with E-state index in [9.17, 15) is 4.79 Å². The van der Waals surface area contributed by atoms with E-state index in [2.05, 4.69) is 32.5 Å². The zero-order valence-electron chi connectivity index (χ0n) is 18.6. The molecule has 0 fully saturated rings. The number of fused-ring (bicyclic) bond motifs is 1. The Morgan fingerprint density at radius 3 is 2.58 bits per heavy atom. The number of hydrogen-bond acceptors (Lipinski definition) is 4. The molecule has 8 heteroatoms. The number of halogens is 2. The highest BCUT2D eigenvalue weighted by atomic mass is 35.5. The van der Waals surface area contributed by atoms with Gasteiger partial charge >= 0.3 is 0 Å². The van der Waals surface area contributed by atoms with Crippen molar-refractivity contribution in [1.82, 2.24) is 24.9 Å². The maximum atomic E-state index is 12.4. The molecule has 33 heavy (non-hydrogen) atoms. The maximum absolute atomic E-state index is 12.4. The minimum Gasteiger partial charge on any atom is -0.356 e. The lowest BCUT2D eigenvalue weighted by atomic mass is 10.1. The topological polar surface area (TPSA) is 72.2 Å². The van der Waals surface area contributed by atoms with Gasteiger partial charge in [-0.1, -0.05) is 53.5 Å². The van der Waals surface area contributed by atoms with Crippen molar-refractivity contribution >= 4 is 34.9 Å². The number of amides is 1. The molecule has 1 amide bonds. The summed E-state index contributed by atoms with van der Waals surface area (Å²) in [7, 11) is 0. The number of nitrogens with zero attached hydrogens (tertiary/aromatic N) is 4. The van der Waals surface area contributed by atoms with E-state index < -0.39 is 0 Å². The van der Waals surface area contributed by atoms with E-state index >= 15 is 0 Å². The first-order valence-corrected chi connectivity index (χ1v) is 11.7. The predicted octanol–water partition coefficient (Wildman–Crippen LogP) is 5.40.